The first-order valence-electron chi connectivity index (χ1n) is 5.97. The molecule has 1 saturated heterocycles. The van der Waals surface area contributed by atoms with Gasteiger partial charge in [0.05, 0.1) is 17.9 Å². The zero-order chi connectivity index (χ0) is 11.4. The average Bonchev–Trinajstić information content (AvgIpc) is 2.79. The zero-order valence-corrected chi connectivity index (χ0v) is 9.69. The summed E-state index contributed by atoms with van der Waals surface area (Å²) in [6.45, 7) is 3.60. The third kappa shape index (κ3) is 2.70. The second-order valence-corrected chi connectivity index (χ2v) is 4.20. The molecule has 0 amide bonds. The van der Waals surface area contributed by atoms with Gasteiger partial charge in [-0.3, -0.25) is 9.48 Å². The van der Waals surface area contributed by atoms with Gasteiger partial charge in [0.2, 0.25) is 0 Å². The Kier molecular flexibility index (Phi) is 3.72. The van der Waals surface area contributed by atoms with Crippen molar-refractivity contribution in [1.29, 1.82) is 0 Å². The Balaban J connectivity index is 1.91. The molecule has 88 valence electrons. The van der Waals surface area contributed by atoms with Gasteiger partial charge in [-0.05, 0) is 26.2 Å². The summed E-state index contributed by atoms with van der Waals surface area (Å²) in [5, 5.41) is 4.10. The lowest BCUT2D eigenvalue weighted by Gasteiger charge is -2.21. The van der Waals surface area contributed by atoms with E-state index in [1.54, 1.807) is 10.9 Å². The van der Waals surface area contributed by atoms with Crippen molar-refractivity contribution in [2.75, 3.05) is 6.61 Å². The van der Waals surface area contributed by atoms with E-state index in [4.69, 9.17) is 4.74 Å². The number of rotatable bonds is 4. The molecule has 4 nitrogen and oxygen atoms in total. The first-order valence-corrected chi connectivity index (χ1v) is 5.97. The van der Waals surface area contributed by atoms with E-state index in [0.717, 1.165) is 26.0 Å². The second-order valence-electron chi connectivity index (χ2n) is 4.20. The Morgan fingerprint density at radius 3 is 3.12 bits per heavy atom. The van der Waals surface area contributed by atoms with Gasteiger partial charge in [-0.2, -0.15) is 5.10 Å². The molecule has 1 fully saturated rings. The van der Waals surface area contributed by atoms with Crippen molar-refractivity contribution < 1.29 is 9.53 Å². The molecule has 0 saturated carbocycles. The fourth-order valence-electron chi connectivity index (χ4n) is 1.97. The number of hydrogen-bond acceptors (Lipinski definition) is 3. The van der Waals surface area contributed by atoms with Gasteiger partial charge in [0, 0.05) is 25.8 Å². The van der Waals surface area contributed by atoms with Gasteiger partial charge >= 0.3 is 0 Å². The van der Waals surface area contributed by atoms with Crippen LogP contribution in [0.5, 0.6) is 0 Å². The van der Waals surface area contributed by atoms with Crippen LogP contribution in [0.4, 0.5) is 0 Å². The first-order chi connectivity index (χ1) is 7.79. The molecule has 1 unspecified atom stereocenters. The molecule has 0 N–H and O–H groups in total. The van der Waals surface area contributed by atoms with Crippen LogP contribution in [0.15, 0.2) is 12.4 Å². The minimum absolute atomic E-state index is 0.117. The number of nitrogens with zero attached hydrogens (tertiary/aromatic N) is 2. The van der Waals surface area contributed by atoms with Crippen molar-refractivity contribution in [3.63, 3.8) is 0 Å². The van der Waals surface area contributed by atoms with Crippen LogP contribution in [0, 0.1) is 0 Å². The Morgan fingerprint density at radius 2 is 2.50 bits per heavy atom. The Labute approximate surface area is 95.6 Å². The number of hydrogen-bond donors (Lipinski definition) is 0. The van der Waals surface area contributed by atoms with Crippen molar-refractivity contribution in [3.05, 3.63) is 18.0 Å². The molecule has 0 spiro atoms. The average molecular weight is 222 g/mol. The third-order valence-electron chi connectivity index (χ3n) is 2.97. The Hall–Kier alpha value is -1.16. The minimum atomic E-state index is 0.117. The lowest BCUT2D eigenvalue weighted by atomic mass is 10.0. The van der Waals surface area contributed by atoms with E-state index in [0.29, 0.717) is 12.0 Å². The molecule has 1 aliphatic heterocycles. The van der Waals surface area contributed by atoms with Crippen molar-refractivity contribution in [3.8, 4) is 0 Å². The molecule has 1 aromatic rings. The second kappa shape index (κ2) is 5.25. The zero-order valence-electron chi connectivity index (χ0n) is 9.69. The standard InChI is InChI=1S/C12H18N2O2/c1-2-14-9-10(8-13-14)12(15)7-11-5-3-4-6-16-11/h8-9,11H,2-7H2,1H3. The van der Waals surface area contributed by atoms with Gasteiger partial charge in [0.25, 0.3) is 0 Å². The van der Waals surface area contributed by atoms with Crippen LogP contribution in [0.25, 0.3) is 0 Å². The normalized spacial score (nSPS) is 20.9. The summed E-state index contributed by atoms with van der Waals surface area (Å²) in [4.78, 5) is 11.9. The van der Waals surface area contributed by atoms with E-state index in [9.17, 15) is 4.79 Å². The highest BCUT2D eigenvalue weighted by Gasteiger charge is 2.19. The van der Waals surface area contributed by atoms with Crippen LogP contribution in [0.2, 0.25) is 0 Å². The van der Waals surface area contributed by atoms with E-state index in [-0.39, 0.29) is 11.9 Å². The van der Waals surface area contributed by atoms with E-state index in [1.165, 1.54) is 6.42 Å². The number of ketones is 1. The quantitative estimate of drug-likeness (QED) is 0.732. The number of carbonyl (C=O) groups excluding carboxylic acids is 1. The third-order valence-corrected chi connectivity index (χ3v) is 2.97. The molecule has 2 heterocycles. The first kappa shape index (κ1) is 11.3. The highest BCUT2D eigenvalue weighted by Crippen LogP contribution is 2.17. The van der Waals surface area contributed by atoms with Crippen molar-refractivity contribution >= 4 is 5.78 Å². The lowest BCUT2D eigenvalue weighted by molar-refractivity contribution is 0.0129. The summed E-state index contributed by atoms with van der Waals surface area (Å²) in [5.41, 5.74) is 0.705. The molecular weight excluding hydrogens is 204 g/mol. The topological polar surface area (TPSA) is 44.1 Å². The summed E-state index contributed by atoms with van der Waals surface area (Å²) in [5.74, 6) is 0.145. The molecule has 0 aromatic carbocycles. The predicted molar refractivity (Wildman–Crippen MR) is 60.4 cm³/mol. The fraction of sp³-hybridized carbons (Fsp3) is 0.667. The Morgan fingerprint density at radius 1 is 1.62 bits per heavy atom. The molecule has 1 aliphatic rings. The smallest absolute Gasteiger partial charge is 0.168 e. The van der Waals surface area contributed by atoms with E-state index in [1.807, 2.05) is 13.1 Å². The predicted octanol–water partition coefficient (Wildman–Crippen LogP) is 2.04. The molecule has 1 atom stereocenters. The summed E-state index contributed by atoms with van der Waals surface area (Å²) in [6.07, 6.45) is 7.37. The van der Waals surface area contributed by atoms with E-state index < -0.39 is 0 Å². The summed E-state index contributed by atoms with van der Waals surface area (Å²) >= 11 is 0. The van der Waals surface area contributed by atoms with Crippen LogP contribution in [-0.2, 0) is 11.3 Å². The molecule has 0 aliphatic carbocycles. The number of aryl methyl sites for hydroxylation is 1. The maximum atomic E-state index is 11.9. The highest BCUT2D eigenvalue weighted by atomic mass is 16.5. The van der Waals surface area contributed by atoms with Crippen molar-refractivity contribution in [2.45, 2.75) is 45.3 Å². The minimum Gasteiger partial charge on any atom is -0.378 e. The van der Waals surface area contributed by atoms with Crippen molar-refractivity contribution in [2.24, 2.45) is 0 Å². The molecular formula is C12H18N2O2. The van der Waals surface area contributed by atoms with Crippen LogP contribution in [0.1, 0.15) is 43.0 Å². The van der Waals surface area contributed by atoms with E-state index >= 15 is 0 Å². The van der Waals surface area contributed by atoms with Gasteiger partial charge < -0.3 is 4.74 Å². The molecule has 16 heavy (non-hydrogen) atoms. The number of carbonyl (C=O) groups is 1. The molecule has 0 radical (unpaired) electrons. The van der Waals surface area contributed by atoms with Crippen molar-refractivity contribution in [1.82, 2.24) is 9.78 Å². The number of Topliss-reactive ketones (excluding diaryl/α,β-unsaturated/α-hetero) is 1. The highest BCUT2D eigenvalue weighted by molar-refractivity contribution is 5.95. The van der Waals surface area contributed by atoms with Gasteiger partial charge in [-0.15, -0.1) is 0 Å². The lowest BCUT2D eigenvalue weighted by Crippen LogP contribution is -2.22. The van der Waals surface area contributed by atoms with Crippen LogP contribution in [0.3, 0.4) is 0 Å². The van der Waals surface area contributed by atoms with Gasteiger partial charge in [0.15, 0.2) is 5.78 Å². The van der Waals surface area contributed by atoms with E-state index in [2.05, 4.69) is 5.10 Å². The Bertz CT molecular complexity index is 354. The maximum absolute atomic E-state index is 11.9. The number of aromatic nitrogens is 2. The molecule has 2 rings (SSSR count). The fourth-order valence-corrected chi connectivity index (χ4v) is 1.97. The molecule has 0 bridgehead atoms. The monoisotopic (exact) mass is 222 g/mol. The number of ether oxygens (including phenoxy) is 1. The SMILES string of the molecule is CCn1cc(C(=O)CC2CCCCO2)cn1. The molecule has 1 aromatic heterocycles. The van der Waals surface area contributed by atoms with Gasteiger partial charge in [-0.25, -0.2) is 0 Å². The summed E-state index contributed by atoms with van der Waals surface area (Å²) in [7, 11) is 0. The maximum Gasteiger partial charge on any atom is 0.168 e. The summed E-state index contributed by atoms with van der Waals surface area (Å²) < 4.78 is 7.33. The van der Waals surface area contributed by atoms with Crippen LogP contribution < -0.4 is 0 Å². The van der Waals surface area contributed by atoms with Gasteiger partial charge in [0.1, 0.15) is 0 Å². The largest absolute Gasteiger partial charge is 0.378 e. The van der Waals surface area contributed by atoms with Crippen LogP contribution in [-0.4, -0.2) is 28.3 Å². The van der Waals surface area contributed by atoms with Crippen LogP contribution >= 0.6 is 0 Å². The molecule has 4 heteroatoms. The van der Waals surface area contributed by atoms with Gasteiger partial charge in [-0.1, -0.05) is 0 Å². The summed E-state index contributed by atoms with van der Waals surface area (Å²) in [6, 6.07) is 0.